The Kier molecular flexibility index (Phi) is 4.31. The zero-order valence-electron chi connectivity index (χ0n) is 11.0. The van der Waals surface area contributed by atoms with E-state index in [2.05, 4.69) is 9.88 Å². The Bertz CT molecular complexity index is 491. The molecule has 1 aromatic heterocycles. The average Bonchev–Trinajstić information content (AvgIpc) is 2.64. The van der Waals surface area contributed by atoms with Crippen molar-refractivity contribution in [2.45, 2.75) is 13.3 Å². The highest BCUT2D eigenvalue weighted by Gasteiger charge is 2.19. The lowest BCUT2D eigenvalue weighted by Crippen LogP contribution is -2.34. The van der Waals surface area contributed by atoms with Gasteiger partial charge >= 0.3 is 0 Å². The van der Waals surface area contributed by atoms with E-state index in [1.54, 1.807) is 19.3 Å². The van der Waals surface area contributed by atoms with Crippen molar-refractivity contribution < 1.29 is 4.79 Å². The molecule has 0 radical (unpaired) electrons. The topological polar surface area (TPSA) is 62.5 Å². The van der Waals surface area contributed by atoms with Crippen molar-refractivity contribution in [2.75, 3.05) is 31.1 Å². The van der Waals surface area contributed by atoms with Crippen LogP contribution in [0.25, 0.3) is 0 Å². The summed E-state index contributed by atoms with van der Waals surface area (Å²) in [4.78, 5) is 20.0. The van der Waals surface area contributed by atoms with Gasteiger partial charge in [0, 0.05) is 44.9 Å². The smallest absolute Gasteiger partial charge is 0.219 e. The predicted molar refractivity (Wildman–Crippen MR) is 79.2 cm³/mol. The quantitative estimate of drug-likeness (QED) is 0.810. The van der Waals surface area contributed by atoms with E-state index in [1.165, 1.54) is 0 Å². The molecule has 2 heterocycles. The third kappa shape index (κ3) is 3.20. The molecule has 19 heavy (non-hydrogen) atoms. The Morgan fingerprint density at radius 1 is 1.37 bits per heavy atom. The zero-order valence-corrected chi connectivity index (χ0v) is 11.8. The summed E-state index contributed by atoms with van der Waals surface area (Å²) in [5.41, 5.74) is 7.56. The zero-order chi connectivity index (χ0) is 13.8. The molecule has 0 bridgehead atoms. The van der Waals surface area contributed by atoms with Crippen molar-refractivity contribution in [1.29, 1.82) is 0 Å². The van der Waals surface area contributed by atoms with Crippen LogP contribution in [-0.4, -0.2) is 47.0 Å². The Morgan fingerprint density at radius 2 is 2.16 bits per heavy atom. The number of thiocarbonyl (C=S) groups is 1. The van der Waals surface area contributed by atoms with Gasteiger partial charge in [0.1, 0.15) is 4.99 Å². The molecule has 102 valence electrons. The first-order valence-electron chi connectivity index (χ1n) is 6.34. The second-order valence-electron chi connectivity index (χ2n) is 4.60. The van der Waals surface area contributed by atoms with Gasteiger partial charge in [-0.05, 0) is 12.5 Å². The van der Waals surface area contributed by atoms with Crippen LogP contribution in [0.2, 0.25) is 0 Å². The first-order valence-corrected chi connectivity index (χ1v) is 6.74. The van der Waals surface area contributed by atoms with Gasteiger partial charge < -0.3 is 15.5 Å². The molecule has 1 amide bonds. The molecule has 0 saturated carbocycles. The molecule has 6 heteroatoms. The number of carbonyl (C=O) groups is 1. The number of nitrogens with zero attached hydrogens (tertiary/aromatic N) is 3. The fraction of sp³-hybridized carbons (Fsp3) is 0.462. The van der Waals surface area contributed by atoms with Gasteiger partial charge in [0.2, 0.25) is 5.91 Å². The lowest BCUT2D eigenvalue weighted by Gasteiger charge is -2.25. The van der Waals surface area contributed by atoms with E-state index < -0.39 is 0 Å². The highest BCUT2D eigenvalue weighted by Crippen LogP contribution is 2.20. The fourth-order valence-electron chi connectivity index (χ4n) is 2.32. The number of aromatic nitrogens is 1. The van der Waals surface area contributed by atoms with Crippen LogP contribution in [0.15, 0.2) is 18.5 Å². The van der Waals surface area contributed by atoms with Crippen LogP contribution in [0.5, 0.6) is 0 Å². The number of pyridine rings is 1. The normalized spacial score (nSPS) is 16.1. The summed E-state index contributed by atoms with van der Waals surface area (Å²) in [5, 5.41) is 0. The summed E-state index contributed by atoms with van der Waals surface area (Å²) in [6, 6.07) is 1.84. The third-order valence-electron chi connectivity index (χ3n) is 3.35. The molecule has 5 nitrogen and oxygen atoms in total. The SMILES string of the molecule is CC(=O)N1CCCN(c2cnccc2C(N)=S)CC1. The van der Waals surface area contributed by atoms with Crippen LogP contribution < -0.4 is 10.6 Å². The van der Waals surface area contributed by atoms with Crippen LogP contribution >= 0.6 is 12.2 Å². The number of carbonyl (C=O) groups excluding carboxylic acids is 1. The molecule has 2 rings (SSSR count). The molecule has 1 aliphatic rings. The molecule has 0 aromatic carbocycles. The second-order valence-corrected chi connectivity index (χ2v) is 5.04. The van der Waals surface area contributed by atoms with Gasteiger partial charge in [-0.1, -0.05) is 12.2 Å². The van der Waals surface area contributed by atoms with E-state index in [0.717, 1.165) is 43.9 Å². The van der Waals surface area contributed by atoms with Crippen molar-refractivity contribution in [3.8, 4) is 0 Å². The molecular weight excluding hydrogens is 260 g/mol. The lowest BCUT2D eigenvalue weighted by molar-refractivity contribution is -0.128. The molecule has 1 saturated heterocycles. The monoisotopic (exact) mass is 278 g/mol. The fourth-order valence-corrected chi connectivity index (χ4v) is 2.49. The number of hydrogen-bond acceptors (Lipinski definition) is 4. The predicted octanol–water partition coefficient (Wildman–Crippen LogP) is 0.774. The van der Waals surface area contributed by atoms with Crippen LogP contribution in [0.3, 0.4) is 0 Å². The second kappa shape index (κ2) is 5.97. The first kappa shape index (κ1) is 13.7. The van der Waals surface area contributed by atoms with E-state index in [4.69, 9.17) is 18.0 Å². The van der Waals surface area contributed by atoms with Gasteiger partial charge in [-0.25, -0.2) is 0 Å². The van der Waals surface area contributed by atoms with Crippen molar-refractivity contribution in [3.05, 3.63) is 24.0 Å². The molecule has 1 fully saturated rings. The number of hydrogen-bond donors (Lipinski definition) is 1. The Balaban J connectivity index is 2.19. The van der Waals surface area contributed by atoms with E-state index in [0.29, 0.717) is 4.99 Å². The minimum absolute atomic E-state index is 0.127. The van der Waals surface area contributed by atoms with Crippen molar-refractivity contribution in [2.24, 2.45) is 5.73 Å². The summed E-state index contributed by atoms with van der Waals surface area (Å²) in [6.45, 7) is 4.79. The van der Waals surface area contributed by atoms with Gasteiger partial charge in [-0.15, -0.1) is 0 Å². The van der Waals surface area contributed by atoms with E-state index in [-0.39, 0.29) is 5.91 Å². The number of amides is 1. The van der Waals surface area contributed by atoms with Gasteiger partial charge in [0.05, 0.1) is 11.9 Å². The molecule has 0 unspecified atom stereocenters. The lowest BCUT2D eigenvalue weighted by atomic mass is 10.2. The molecule has 1 aliphatic heterocycles. The number of anilines is 1. The molecule has 2 N–H and O–H groups in total. The number of rotatable bonds is 2. The third-order valence-corrected chi connectivity index (χ3v) is 3.57. The van der Waals surface area contributed by atoms with Gasteiger partial charge in [0.25, 0.3) is 0 Å². The summed E-state index contributed by atoms with van der Waals surface area (Å²) in [6.07, 6.45) is 4.42. The number of nitrogens with two attached hydrogens (primary N) is 1. The van der Waals surface area contributed by atoms with E-state index in [1.807, 2.05) is 11.0 Å². The highest BCUT2D eigenvalue weighted by molar-refractivity contribution is 7.80. The van der Waals surface area contributed by atoms with E-state index in [9.17, 15) is 4.79 Å². The highest BCUT2D eigenvalue weighted by atomic mass is 32.1. The van der Waals surface area contributed by atoms with Crippen LogP contribution in [0.1, 0.15) is 18.9 Å². The van der Waals surface area contributed by atoms with E-state index >= 15 is 0 Å². The molecule has 1 aromatic rings. The average molecular weight is 278 g/mol. The largest absolute Gasteiger partial charge is 0.389 e. The van der Waals surface area contributed by atoms with Crippen LogP contribution in [0, 0.1) is 0 Å². The maximum Gasteiger partial charge on any atom is 0.219 e. The van der Waals surface area contributed by atoms with Gasteiger partial charge in [-0.2, -0.15) is 0 Å². The summed E-state index contributed by atoms with van der Waals surface area (Å²) in [5.74, 6) is 0.127. The molecule has 0 aliphatic carbocycles. The standard InChI is InChI=1S/C13H18N4OS/c1-10(18)16-5-2-6-17(8-7-16)12-9-15-4-3-11(12)13(14)19/h3-4,9H,2,5-8H2,1H3,(H2,14,19). The minimum Gasteiger partial charge on any atom is -0.389 e. The summed E-state index contributed by atoms with van der Waals surface area (Å²) in [7, 11) is 0. The van der Waals surface area contributed by atoms with Crippen LogP contribution in [0.4, 0.5) is 5.69 Å². The van der Waals surface area contributed by atoms with Crippen molar-refractivity contribution in [3.63, 3.8) is 0 Å². The Morgan fingerprint density at radius 3 is 2.84 bits per heavy atom. The van der Waals surface area contributed by atoms with Crippen molar-refractivity contribution >= 4 is 28.8 Å². The Hall–Kier alpha value is -1.69. The van der Waals surface area contributed by atoms with Gasteiger partial charge in [0.15, 0.2) is 0 Å². The molecular formula is C13H18N4OS. The van der Waals surface area contributed by atoms with Crippen molar-refractivity contribution in [1.82, 2.24) is 9.88 Å². The molecule has 0 spiro atoms. The van der Waals surface area contributed by atoms with Gasteiger partial charge in [-0.3, -0.25) is 9.78 Å². The maximum absolute atomic E-state index is 11.4. The molecule has 0 atom stereocenters. The Labute approximate surface area is 118 Å². The van der Waals surface area contributed by atoms with Crippen LogP contribution in [-0.2, 0) is 4.79 Å². The first-order chi connectivity index (χ1) is 9.09. The maximum atomic E-state index is 11.4. The minimum atomic E-state index is 0.127. The summed E-state index contributed by atoms with van der Waals surface area (Å²) < 4.78 is 0. The summed E-state index contributed by atoms with van der Waals surface area (Å²) >= 11 is 5.08.